The third-order valence-corrected chi connectivity index (χ3v) is 1.58. The van der Waals surface area contributed by atoms with Crippen molar-refractivity contribution >= 4 is 5.91 Å². The van der Waals surface area contributed by atoms with Crippen LogP contribution < -0.4 is 10.6 Å². The van der Waals surface area contributed by atoms with Crippen LogP contribution in [0.15, 0.2) is 0 Å². The van der Waals surface area contributed by atoms with E-state index in [-0.39, 0.29) is 5.91 Å². The molecule has 0 aromatic carbocycles. The van der Waals surface area contributed by atoms with E-state index in [4.69, 9.17) is 0 Å². The number of amides is 1. The van der Waals surface area contributed by atoms with Gasteiger partial charge in [-0.1, -0.05) is 13.8 Å². The molecular formula is C8H18N2O. The Morgan fingerprint density at radius 1 is 1.45 bits per heavy atom. The fraction of sp³-hybridized carbons (Fsp3) is 0.875. The minimum atomic E-state index is 0.0429. The largest absolute Gasteiger partial charge is 0.355 e. The van der Waals surface area contributed by atoms with Gasteiger partial charge in [0.25, 0.3) is 0 Å². The second-order valence-electron chi connectivity index (χ2n) is 2.60. The van der Waals surface area contributed by atoms with E-state index in [1.54, 1.807) is 6.92 Å². The highest BCUT2D eigenvalue weighted by molar-refractivity contribution is 5.72. The first-order valence-corrected chi connectivity index (χ1v) is 4.18. The Morgan fingerprint density at radius 2 is 2.09 bits per heavy atom. The quantitative estimate of drug-likeness (QED) is 0.612. The molecule has 0 heterocycles. The molecule has 2 N–H and O–H groups in total. The van der Waals surface area contributed by atoms with E-state index in [1.807, 2.05) is 0 Å². The smallest absolute Gasteiger partial charge is 0.216 e. The van der Waals surface area contributed by atoms with Crippen molar-refractivity contribution in [1.29, 1.82) is 0 Å². The van der Waals surface area contributed by atoms with Crippen LogP contribution >= 0.6 is 0 Å². The van der Waals surface area contributed by atoms with E-state index in [9.17, 15) is 4.79 Å². The molecule has 66 valence electrons. The van der Waals surface area contributed by atoms with Crippen LogP contribution in [0.5, 0.6) is 0 Å². The maximum atomic E-state index is 10.5. The van der Waals surface area contributed by atoms with Gasteiger partial charge < -0.3 is 10.6 Å². The van der Waals surface area contributed by atoms with Gasteiger partial charge >= 0.3 is 0 Å². The van der Waals surface area contributed by atoms with Crippen molar-refractivity contribution in [2.24, 2.45) is 0 Å². The summed E-state index contributed by atoms with van der Waals surface area (Å²) in [5.74, 6) is 0.0429. The molecule has 3 nitrogen and oxygen atoms in total. The van der Waals surface area contributed by atoms with Crippen LogP contribution in [-0.2, 0) is 4.79 Å². The first-order chi connectivity index (χ1) is 5.20. The third-order valence-electron chi connectivity index (χ3n) is 1.58. The minimum Gasteiger partial charge on any atom is -0.355 e. The summed E-state index contributed by atoms with van der Waals surface area (Å²) in [5, 5.41) is 6.05. The van der Waals surface area contributed by atoms with Crippen molar-refractivity contribution in [1.82, 2.24) is 10.6 Å². The first kappa shape index (κ1) is 10.4. The minimum absolute atomic E-state index is 0.0429. The predicted molar refractivity (Wildman–Crippen MR) is 46.4 cm³/mol. The molecule has 1 amide bonds. The molecule has 1 unspecified atom stereocenters. The number of carbonyl (C=O) groups excluding carboxylic acids is 1. The molecule has 0 spiro atoms. The van der Waals surface area contributed by atoms with E-state index in [1.165, 1.54) is 0 Å². The lowest BCUT2D eigenvalue weighted by Gasteiger charge is -2.15. The van der Waals surface area contributed by atoms with Crippen molar-refractivity contribution in [3.63, 3.8) is 0 Å². The van der Waals surface area contributed by atoms with Gasteiger partial charge in [0.05, 0.1) is 0 Å². The van der Waals surface area contributed by atoms with Gasteiger partial charge in [0.15, 0.2) is 0 Å². The van der Waals surface area contributed by atoms with E-state index in [0.717, 1.165) is 19.5 Å². The standard InChI is InChI=1S/C8H18N2O/c1-4-8(9-5-2)6-10-7(3)11/h8-9H,4-6H2,1-3H3,(H,10,11). The van der Waals surface area contributed by atoms with Crippen molar-refractivity contribution in [2.45, 2.75) is 33.2 Å². The van der Waals surface area contributed by atoms with Gasteiger partial charge in [0.1, 0.15) is 0 Å². The Hall–Kier alpha value is -0.570. The third kappa shape index (κ3) is 5.85. The van der Waals surface area contributed by atoms with Crippen LogP contribution in [0.1, 0.15) is 27.2 Å². The molecular weight excluding hydrogens is 140 g/mol. The van der Waals surface area contributed by atoms with Crippen molar-refractivity contribution < 1.29 is 4.79 Å². The van der Waals surface area contributed by atoms with Crippen molar-refractivity contribution in [2.75, 3.05) is 13.1 Å². The molecule has 0 radical (unpaired) electrons. The molecule has 11 heavy (non-hydrogen) atoms. The lowest BCUT2D eigenvalue weighted by atomic mass is 10.2. The molecule has 0 aliphatic heterocycles. The van der Waals surface area contributed by atoms with Crippen molar-refractivity contribution in [3.05, 3.63) is 0 Å². The fourth-order valence-electron chi connectivity index (χ4n) is 0.916. The molecule has 0 aromatic rings. The zero-order valence-electron chi connectivity index (χ0n) is 7.61. The number of rotatable bonds is 5. The Labute approximate surface area is 68.6 Å². The number of likely N-dealkylation sites (N-methyl/N-ethyl adjacent to an activating group) is 1. The average molecular weight is 158 g/mol. The summed E-state index contributed by atoms with van der Waals surface area (Å²) in [5.41, 5.74) is 0. The summed E-state index contributed by atoms with van der Waals surface area (Å²) >= 11 is 0. The molecule has 0 bridgehead atoms. The highest BCUT2D eigenvalue weighted by Crippen LogP contribution is 1.87. The van der Waals surface area contributed by atoms with Crippen LogP contribution in [0.3, 0.4) is 0 Å². The highest BCUT2D eigenvalue weighted by Gasteiger charge is 2.03. The molecule has 0 aromatic heterocycles. The molecule has 0 rings (SSSR count). The zero-order chi connectivity index (χ0) is 8.69. The van der Waals surface area contributed by atoms with Crippen molar-refractivity contribution in [3.8, 4) is 0 Å². The molecule has 0 fully saturated rings. The molecule has 0 saturated heterocycles. The van der Waals surface area contributed by atoms with Gasteiger partial charge in [-0.15, -0.1) is 0 Å². The van der Waals surface area contributed by atoms with Gasteiger partial charge in [0, 0.05) is 19.5 Å². The SMILES string of the molecule is CCNC(CC)CNC(C)=O. The predicted octanol–water partition coefficient (Wildman–Crippen LogP) is 0.511. The number of carbonyl (C=O) groups is 1. The molecule has 0 aliphatic carbocycles. The maximum Gasteiger partial charge on any atom is 0.216 e. The summed E-state index contributed by atoms with van der Waals surface area (Å²) in [4.78, 5) is 10.5. The average Bonchev–Trinajstić information content (AvgIpc) is 1.97. The topological polar surface area (TPSA) is 41.1 Å². The normalized spacial score (nSPS) is 12.6. The van der Waals surface area contributed by atoms with E-state index < -0.39 is 0 Å². The Kier molecular flexibility index (Phi) is 5.84. The van der Waals surface area contributed by atoms with Crippen LogP contribution in [0.4, 0.5) is 0 Å². The number of hydrogen-bond acceptors (Lipinski definition) is 2. The first-order valence-electron chi connectivity index (χ1n) is 4.18. The van der Waals surface area contributed by atoms with Gasteiger partial charge in [-0.05, 0) is 13.0 Å². The maximum absolute atomic E-state index is 10.5. The molecule has 0 saturated carbocycles. The number of nitrogens with one attached hydrogen (secondary N) is 2. The highest BCUT2D eigenvalue weighted by atomic mass is 16.1. The van der Waals surface area contributed by atoms with Crippen LogP contribution in [0, 0.1) is 0 Å². The van der Waals surface area contributed by atoms with Crippen LogP contribution in [0.2, 0.25) is 0 Å². The second-order valence-corrected chi connectivity index (χ2v) is 2.60. The number of hydrogen-bond donors (Lipinski definition) is 2. The van der Waals surface area contributed by atoms with Gasteiger partial charge in [0.2, 0.25) is 5.91 Å². The lowest BCUT2D eigenvalue weighted by Crippen LogP contribution is -2.39. The summed E-state index contributed by atoms with van der Waals surface area (Å²) in [6, 6.07) is 0.420. The molecule has 3 heteroatoms. The Bertz CT molecular complexity index is 115. The summed E-state index contributed by atoms with van der Waals surface area (Å²) < 4.78 is 0. The van der Waals surface area contributed by atoms with Gasteiger partial charge in [-0.3, -0.25) is 4.79 Å². The Balaban J connectivity index is 3.43. The van der Waals surface area contributed by atoms with E-state index in [2.05, 4.69) is 24.5 Å². The summed E-state index contributed by atoms with van der Waals surface area (Å²) in [6.07, 6.45) is 1.05. The fourth-order valence-corrected chi connectivity index (χ4v) is 0.916. The van der Waals surface area contributed by atoms with Gasteiger partial charge in [-0.25, -0.2) is 0 Å². The molecule has 0 aliphatic rings. The van der Waals surface area contributed by atoms with Crippen LogP contribution in [-0.4, -0.2) is 25.0 Å². The zero-order valence-corrected chi connectivity index (χ0v) is 7.61. The monoisotopic (exact) mass is 158 g/mol. The van der Waals surface area contributed by atoms with E-state index >= 15 is 0 Å². The molecule has 1 atom stereocenters. The Morgan fingerprint density at radius 3 is 2.45 bits per heavy atom. The summed E-state index contributed by atoms with van der Waals surface area (Å²) in [6.45, 7) is 7.40. The summed E-state index contributed by atoms with van der Waals surface area (Å²) in [7, 11) is 0. The van der Waals surface area contributed by atoms with Crippen LogP contribution in [0.25, 0.3) is 0 Å². The lowest BCUT2D eigenvalue weighted by molar-refractivity contribution is -0.119. The second kappa shape index (κ2) is 6.16. The van der Waals surface area contributed by atoms with Gasteiger partial charge in [-0.2, -0.15) is 0 Å². The van der Waals surface area contributed by atoms with E-state index in [0.29, 0.717) is 6.04 Å².